The molecule has 3 aromatic carbocycles. The van der Waals surface area contributed by atoms with Gasteiger partial charge in [0.25, 0.3) is 0 Å². The van der Waals surface area contributed by atoms with Crippen molar-refractivity contribution in [2.24, 2.45) is 0 Å². The van der Waals surface area contributed by atoms with Crippen molar-refractivity contribution in [1.82, 2.24) is 0 Å². The van der Waals surface area contributed by atoms with Crippen LogP contribution in [0.4, 0.5) is 0 Å². The second kappa shape index (κ2) is 37.5. The Hall–Kier alpha value is -0.777. The van der Waals surface area contributed by atoms with Crippen molar-refractivity contribution in [2.45, 2.75) is 214 Å². The molecule has 6 atom stereocenters. The highest BCUT2D eigenvalue weighted by molar-refractivity contribution is 6.91. The van der Waals surface area contributed by atoms with E-state index in [-0.39, 0.29) is 32.5 Å². The molecular weight excluding hydrogens is 1460 g/mol. The fraction of sp³-hybridized carbons (Fsp3) is 0.695. The zero-order valence-electron chi connectivity index (χ0n) is 57.1. The molecule has 26 nitrogen and oxygen atoms in total. The minimum absolute atomic E-state index is 0.0358. The van der Waals surface area contributed by atoms with Crippen LogP contribution in [0.25, 0.3) is 0 Å². The molecule has 0 amide bonds. The molecule has 97 heavy (non-hydrogen) atoms. The molecule has 0 bridgehead atoms. The van der Waals surface area contributed by atoms with E-state index in [9.17, 15) is 67.1 Å². The summed E-state index contributed by atoms with van der Waals surface area (Å²) in [7, 11) is -39.2. The fourth-order valence-electron chi connectivity index (χ4n) is 14.4. The van der Waals surface area contributed by atoms with Gasteiger partial charge in [0.2, 0.25) is 0 Å². The Kier molecular flexibility index (Phi) is 32.2. The summed E-state index contributed by atoms with van der Waals surface area (Å²) in [6.45, 7) is 8.54. The Morgan fingerprint density at radius 1 is 0.340 bits per heavy atom. The molecule has 3 aliphatic carbocycles. The molecule has 5 aliphatic heterocycles. The average molecular weight is 1570 g/mol. The van der Waals surface area contributed by atoms with Crippen molar-refractivity contribution in [3.05, 3.63) is 91.0 Å². The number of hydrogen-bond acceptors (Lipinski definition) is 26. The summed E-state index contributed by atoms with van der Waals surface area (Å²) in [6, 6.07) is 31.2. The van der Waals surface area contributed by atoms with Crippen LogP contribution in [0.2, 0.25) is 85.1 Å². The van der Waals surface area contributed by atoms with Gasteiger partial charge in [0.1, 0.15) is 0 Å². The smallest absolute Gasteiger partial charge is 0.407 e. The van der Waals surface area contributed by atoms with E-state index in [4.69, 9.17) is 51.6 Å². The summed E-state index contributed by atoms with van der Waals surface area (Å²) in [5, 5.41) is 1.96. The van der Waals surface area contributed by atoms with Crippen LogP contribution in [0.3, 0.4) is 0 Å². The summed E-state index contributed by atoms with van der Waals surface area (Å²) in [5.41, 5.74) is 1.27. The van der Waals surface area contributed by atoms with E-state index in [1.54, 1.807) is 30.8 Å². The highest BCUT2D eigenvalue weighted by Crippen LogP contribution is 2.47. The van der Waals surface area contributed by atoms with E-state index in [1.165, 1.54) is 58.2 Å². The second-order valence-corrected chi connectivity index (χ2v) is 60.9. The first-order valence-electron chi connectivity index (χ1n) is 34.9. The van der Waals surface area contributed by atoms with Gasteiger partial charge in [0.05, 0.1) is 0 Å². The maximum Gasteiger partial charge on any atom is 0.662 e. The van der Waals surface area contributed by atoms with Gasteiger partial charge in [-0.15, -0.1) is 0 Å². The third kappa shape index (κ3) is 27.3. The van der Waals surface area contributed by atoms with Gasteiger partial charge in [-0.05, 0) is 112 Å². The normalized spacial score (nSPS) is 30.1. The van der Waals surface area contributed by atoms with Crippen molar-refractivity contribution in [3.63, 3.8) is 0 Å². The molecule has 14 N–H and O–H groups in total. The lowest BCUT2D eigenvalue weighted by Crippen LogP contribution is -2.67. The SMILES string of the molecule is C[Si](O)(O)O[Si]1(C)CCO[Si](O)(O)CCO1.C[Si](O)(O)O[Si]1(C2CCCC2)CCCCO1.C[Si](O)(O)O[Si]1(C2CCCCC2)CCCCO1.O[Si](O)(O)O[Si]1(C2CCCCC2)CCCCO1.O[Si](O)(O[Si]1(c2ccccc2)CCO[Si](O)(c2ccccc2)CCO1)c1ccccc1. The summed E-state index contributed by atoms with van der Waals surface area (Å²) in [4.78, 5) is 137. The number of benzene rings is 3. The highest BCUT2D eigenvalue weighted by Gasteiger charge is 2.57. The van der Waals surface area contributed by atoms with Crippen LogP contribution in [0.5, 0.6) is 0 Å². The summed E-state index contributed by atoms with van der Waals surface area (Å²) in [5.74, 6) is 0. The molecule has 3 saturated carbocycles. The molecule has 38 heteroatoms. The molecule has 0 spiro atoms. The van der Waals surface area contributed by atoms with Gasteiger partial charge < -0.3 is 119 Å². The second-order valence-electron chi connectivity index (χ2n) is 27.4. The Labute approximate surface area is 585 Å². The van der Waals surface area contributed by atoms with Crippen LogP contribution in [-0.2, 0) is 51.6 Å². The Balaban J connectivity index is 0.000000177. The van der Waals surface area contributed by atoms with E-state index in [1.807, 2.05) is 66.7 Å². The van der Waals surface area contributed by atoms with E-state index in [0.717, 1.165) is 132 Å². The molecule has 5 saturated heterocycles. The van der Waals surface area contributed by atoms with E-state index in [2.05, 4.69) is 0 Å². The van der Waals surface area contributed by atoms with Gasteiger partial charge in [-0.1, -0.05) is 142 Å². The predicted molar refractivity (Wildman–Crippen MR) is 386 cm³/mol. The van der Waals surface area contributed by atoms with Crippen molar-refractivity contribution in [1.29, 1.82) is 0 Å². The quantitative estimate of drug-likeness (QED) is 0.0899. The van der Waals surface area contributed by atoms with Gasteiger partial charge in [-0.3, -0.25) is 0 Å². The van der Waals surface area contributed by atoms with Crippen molar-refractivity contribution in [3.8, 4) is 0 Å². The fourth-order valence-corrected chi connectivity index (χ4v) is 50.4. The van der Waals surface area contributed by atoms with Gasteiger partial charge in [0.15, 0.2) is 0 Å². The topological polar surface area (TPSA) is 394 Å². The number of hydrogen-bond donors (Lipinski definition) is 14. The van der Waals surface area contributed by atoms with Crippen molar-refractivity contribution in [2.75, 3.05) is 46.2 Å². The van der Waals surface area contributed by atoms with Gasteiger partial charge >= 0.3 is 104 Å². The summed E-state index contributed by atoms with van der Waals surface area (Å²) < 4.78 is 68.9. The lowest BCUT2D eigenvalue weighted by Gasteiger charge is -2.43. The summed E-state index contributed by atoms with van der Waals surface area (Å²) >= 11 is 0. The standard InChI is InChI=1S/C22H26O6Si3.C11H24O4Si2.C10H22O5Si2.C10H22O4Si2.C6H18O7Si3/c23-29(20-10-4-1-5-11-20)18-16-27-30(19-17-26-29,21-12-6-2-7-13-21)28-31(24,25)22-14-8-3-9-15-22;1-16(12,13)15-17(10-6-5-9-14-17)11-7-3-2-4-8-11;11-17(12,13)15-16(9-5-4-8-14-16)10-6-2-1-3-7-10;1-15(11,12)14-16(9-5-4-8-13-16)10-6-2-3-7-10;1-14(13-15(2,7)8)5-3-12-16(9,10)6-4-11-14/h1-15,23-25H,16-19H2;11-13H,2-10H2,1H3;10-13H,1-9H2;10-12H,2-9H2,1H3;7-10H,3-6H2,1-2H3. The van der Waals surface area contributed by atoms with Crippen LogP contribution in [0.15, 0.2) is 91.0 Å². The van der Waals surface area contributed by atoms with Gasteiger partial charge in [0, 0.05) is 112 Å². The van der Waals surface area contributed by atoms with Crippen molar-refractivity contribution < 1.29 is 119 Å². The largest absolute Gasteiger partial charge is 0.662 e. The Bertz CT molecular complexity index is 2630. The van der Waals surface area contributed by atoms with Crippen LogP contribution in [0, 0.1) is 0 Å². The third-order valence-electron chi connectivity index (χ3n) is 18.8. The van der Waals surface area contributed by atoms with E-state index >= 15 is 0 Å². The average Bonchev–Trinajstić information content (AvgIpc) is 0.823. The van der Waals surface area contributed by atoms with E-state index in [0.29, 0.717) is 46.5 Å². The maximum atomic E-state index is 11.2. The Morgan fingerprint density at radius 3 is 1.13 bits per heavy atom. The van der Waals surface area contributed by atoms with Crippen LogP contribution in [0.1, 0.15) is 128 Å². The highest BCUT2D eigenvalue weighted by atomic mass is 28.5. The van der Waals surface area contributed by atoms with Gasteiger partial charge in [-0.2, -0.15) is 0 Å². The van der Waals surface area contributed by atoms with Crippen LogP contribution >= 0.6 is 0 Å². The predicted octanol–water partition coefficient (Wildman–Crippen LogP) is 4.07. The monoisotopic (exact) mass is 1570 g/mol. The molecule has 8 fully saturated rings. The summed E-state index contributed by atoms with van der Waals surface area (Å²) in [6.07, 6.45) is 22.9. The molecule has 11 rings (SSSR count). The van der Waals surface area contributed by atoms with Gasteiger partial charge in [-0.25, -0.2) is 0 Å². The zero-order chi connectivity index (χ0) is 70.6. The third-order valence-corrected chi connectivity index (χ3v) is 53.7. The van der Waals surface area contributed by atoms with Crippen LogP contribution < -0.4 is 15.6 Å². The lowest BCUT2D eigenvalue weighted by atomic mass is 10.0. The first kappa shape index (κ1) is 83.5. The zero-order valence-corrected chi connectivity index (χ0v) is 69.1. The number of rotatable bonds is 16. The first-order chi connectivity index (χ1) is 45.6. The maximum absolute atomic E-state index is 11.2. The Morgan fingerprint density at radius 2 is 0.722 bits per heavy atom. The lowest BCUT2D eigenvalue weighted by molar-refractivity contribution is 0.0819. The molecule has 552 valence electrons. The molecule has 6 unspecified atom stereocenters. The minimum Gasteiger partial charge on any atom is -0.407 e. The first-order valence-corrected chi connectivity index (χ1v) is 60.3. The molecular formula is C59H112O26Si12. The van der Waals surface area contributed by atoms with E-state index < -0.39 is 104 Å². The molecule has 0 aromatic heterocycles. The van der Waals surface area contributed by atoms with Crippen LogP contribution in [-0.4, -0.2) is 218 Å². The molecule has 3 aromatic rings. The molecule has 0 radical (unpaired) electrons. The molecule has 5 heterocycles. The minimum atomic E-state index is -4.46. The van der Waals surface area contributed by atoms with Crippen molar-refractivity contribution >= 4 is 120 Å². The molecule has 8 aliphatic rings.